The van der Waals surface area contributed by atoms with Gasteiger partial charge in [0, 0.05) is 39.1 Å². The third-order valence-electron chi connectivity index (χ3n) is 5.71. The Balaban J connectivity index is 1.43. The Labute approximate surface area is 153 Å². The summed E-state index contributed by atoms with van der Waals surface area (Å²) in [5, 5.41) is 4.98. The fourth-order valence-electron chi connectivity index (χ4n) is 4.15. The molecule has 4 heterocycles. The van der Waals surface area contributed by atoms with Gasteiger partial charge < -0.3 is 15.5 Å². The second kappa shape index (κ2) is 6.74. The Morgan fingerprint density at radius 3 is 2.69 bits per heavy atom. The molecular formula is C18H27N7O. The molecule has 8 heteroatoms. The fourth-order valence-corrected chi connectivity index (χ4v) is 4.15. The summed E-state index contributed by atoms with van der Waals surface area (Å²) in [7, 11) is 1.85. The van der Waals surface area contributed by atoms with Crippen molar-refractivity contribution < 1.29 is 4.79 Å². The van der Waals surface area contributed by atoms with Crippen LogP contribution >= 0.6 is 0 Å². The molecule has 26 heavy (non-hydrogen) atoms. The van der Waals surface area contributed by atoms with Gasteiger partial charge in [-0.25, -0.2) is 0 Å². The van der Waals surface area contributed by atoms with Gasteiger partial charge in [-0.2, -0.15) is 15.1 Å². The quantitative estimate of drug-likeness (QED) is 0.874. The minimum atomic E-state index is 0.120. The number of nitrogen functional groups attached to an aromatic ring is 1. The number of carbonyl (C=O) groups excluding carboxylic acids is 1. The van der Waals surface area contributed by atoms with Crippen LogP contribution in [-0.2, 0) is 11.8 Å². The van der Waals surface area contributed by atoms with Crippen LogP contribution in [0.3, 0.4) is 0 Å². The number of fused-ring (bicyclic) bond motifs is 1. The molecule has 2 aliphatic rings. The number of anilines is 2. The summed E-state index contributed by atoms with van der Waals surface area (Å²) in [4.78, 5) is 26.1. The largest absolute Gasteiger partial charge is 0.383 e. The molecular weight excluding hydrogens is 330 g/mol. The van der Waals surface area contributed by atoms with E-state index in [9.17, 15) is 4.79 Å². The van der Waals surface area contributed by atoms with Crippen LogP contribution in [0.4, 0.5) is 11.8 Å². The van der Waals surface area contributed by atoms with Crippen LogP contribution in [0.1, 0.15) is 32.6 Å². The molecule has 140 valence electrons. The van der Waals surface area contributed by atoms with Crippen molar-refractivity contribution in [3.8, 4) is 0 Å². The molecule has 2 aliphatic heterocycles. The van der Waals surface area contributed by atoms with Gasteiger partial charge in [-0.3, -0.25) is 9.48 Å². The van der Waals surface area contributed by atoms with E-state index in [1.807, 2.05) is 7.05 Å². The Morgan fingerprint density at radius 2 is 1.96 bits per heavy atom. The smallest absolute Gasteiger partial charge is 0.229 e. The number of hydrogen-bond acceptors (Lipinski definition) is 6. The van der Waals surface area contributed by atoms with E-state index in [1.165, 1.54) is 6.42 Å². The molecule has 2 fully saturated rings. The zero-order valence-corrected chi connectivity index (χ0v) is 15.6. The van der Waals surface area contributed by atoms with Crippen molar-refractivity contribution in [1.82, 2.24) is 24.6 Å². The van der Waals surface area contributed by atoms with Crippen LogP contribution in [0.25, 0.3) is 11.0 Å². The van der Waals surface area contributed by atoms with Gasteiger partial charge in [0.2, 0.25) is 11.9 Å². The summed E-state index contributed by atoms with van der Waals surface area (Å²) >= 11 is 0. The van der Waals surface area contributed by atoms with Gasteiger partial charge in [-0.05, 0) is 31.6 Å². The molecule has 0 saturated carbocycles. The van der Waals surface area contributed by atoms with Crippen molar-refractivity contribution in [3.05, 3.63) is 6.20 Å². The third kappa shape index (κ3) is 3.08. The van der Waals surface area contributed by atoms with Gasteiger partial charge in [0.15, 0.2) is 5.65 Å². The average Bonchev–Trinajstić information content (AvgIpc) is 3.03. The first-order valence-corrected chi connectivity index (χ1v) is 9.52. The molecule has 1 unspecified atom stereocenters. The summed E-state index contributed by atoms with van der Waals surface area (Å²) in [5.41, 5.74) is 6.81. The Morgan fingerprint density at radius 1 is 1.19 bits per heavy atom. The topological polar surface area (TPSA) is 93.2 Å². The van der Waals surface area contributed by atoms with Crippen LogP contribution < -0.4 is 10.6 Å². The third-order valence-corrected chi connectivity index (χ3v) is 5.71. The molecule has 2 saturated heterocycles. The maximum absolute atomic E-state index is 12.8. The number of carbonyl (C=O) groups is 1. The lowest BCUT2D eigenvalue weighted by Crippen LogP contribution is -2.46. The number of amides is 1. The molecule has 0 spiro atoms. The SMILES string of the molecule is CC1CCCN(C(=O)C2CCN(c3nc(N)c4cnn(C)c4n3)CC2)C1. The van der Waals surface area contributed by atoms with Crippen LogP contribution in [0.2, 0.25) is 0 Å². The Bertz CT molecular complexity index is 809. The van der Waals surface area contributed by atoms with Gasteiger partial charge in [-0.1, -0.05) is 6.92 Å². The van der Waals surface area contributed by atoms with Gasteiger partial charge in [0.05, 0.1) is 11.6 Å². The molecule has 0 bridgehead atoms. The van der Waals surface area contributed by atoms with Crippen molar-refractivity contribution in [3.63, 3.8) is 0 Å². The summed E-state index contributed by atoms with van der Waals surface area (Å²) in [6.07, 6.45) is 5.74. The van der Waals surface area contributed by atoms with Crippen LogP contribution in [-0.4, -0.2) is 56.7 Å². The zero-order chi connectivity index (χ0) is 18.3. The predicted molar refractivity (Wildman–Crippen MR) is 101 cm³/mol. The number of nitrogens with two attached hydrogens (primary N) is 1. The van der Waals surface area contributed by atoms with E-state index in [0.29, 0.717) is 23.6 Å². The normalized spacial score (nSPS) is 22.2. The van der Waals surface area contributed by atoms with E-state index in [0.717, 1.165) is 56.5 Å². The molecule has 2 aromatic heterocycles. The van der Waals surface area contributed by atoms with E-state index in [4.69, 9.17) is 5.73 Å². The molecule has 1 atom stereocenters. The molecule has 4 rings (SSSR count). The van der Waals surface area contributed by atoms with Crippen molar-refractivity contribution in [2.75, 3.05) is 36.8 Å². The molecule has 0 radical (unpaired) electrons. The van der Waals surface area contributed by atoms with E-state index in [2.05, 4.69) is 31.8 Å². The second-order valence-electron chi connectivity index (χ2n) is 7.71. The van der Waals surface area contributed by atoms with Crippen molar-refractivity contribution in [2.45, 2.75) is 32.6 Å². The summed E-state index contributed by atoms with van der Waals surface area (Å²) < 4.78 is 1.71. The lowest BCUT2D eigenvalue weighted by Gasteiger charge is -2.37. The van der Waals surface area contributed by atoms with Crippen molar-refractivity contribution in [1.29, 1.82) is 0 Å². The molecule has 1 amide bonds. The number of aryl methyl sites for hydroxylation is 1. The fraction of sp³-hybridized carbons (Fsp3) is 0.667. The number of hydrogen-bond donors (Lipinski definition) is 1. The van der Waals surface area contributed by atoms with E-state index in [-0.39, 0.29) is 5.92 Å². The highest BCUT2D eigenvalue weighted by molar-refractivity contribution is 5.86. The van der Waals surface area contributed by atoms with Crippen LogP contribution in [0.5, 0.6) is 0 Å². The van der Waals surface area contributed by atoms with Crippen molar-refractivity contribution >= 4 is 28.7 Å². The first kappa shape index (κ1) is 17.1. The molecule has 0 aromatic carbocycles. The van der Waals surface area contributed by atoms with E-state index in [1.54, 1.807) is 10.9 Å². The average molecular weight is 357 g/mol. The number of likely N-dealkylation sites (tertiary alicyclic amines) is 1. The maximum atomic E-state index is 12.8. The highest BCUT2D eigenvalue weighted by atomic mass is 16.2. The monoisotopic (exact) mass is 357 g/mol. The zero-order valence-electron chi connectivity index (χ0n) is 15.6. The van der Waals surface area contributed by atoms with E-state index < -0.39 is 0 Å². The van der Waals surface area contributed by atoms with E-state index >= 15 is 0 Å². The second-order valence-corrected chi connectivity index (χ2v) is 7.71. The molecule has 8 nitrogen and oxygen atoms in total. The van der Waals surface area contributed by atoms with Gasteiger partial charge >= 0.3 is 0 Å². The van der Waals surface area contributed by atoms with Crippen LogP contribution in [0.15, 0.2) is 6.20 Å². The maximum Gasteiger partial charge on any atom is 0.229 e. The highest BCUT2D eigenvalue weighted by Crippen LogP contribution is 2.27. The minimum absolute atomic E-state index is 0.120. The minimum Gasteiger partial charge on any atom is -0.383 e. The summed E-state index contributed by atoms with van der Waals surface area (Å²) in [6.45, 7) is 5.62. The number of rotatable bonds is 2. The predicted octanol–water partition coefficient (Wildman–Crippen LogP) is 1.42. The first-order chi connectivity index (χ1) is 12.5. The number of nitrogens with zero attached hydrogens (tertiary/aromatic N) is 6. The van der Waals surface area contributed by atoms with Gasteiger partial charge in [0.25, 0.3) is 0 Å². The molecule has 2 aromatic rings. The standard InChI is InChI=1S/C18H27N7O/c1-12-4-3-7-25(11-12)17(26)13-5-8-24(9-6-13)18-21-15(19)14-10-20-23(2)16(14)22-18/h10,12-13H,3-9,11H2,1-2H3,(H2,19,21,22). The Hall–Kier alpha value is -2.38. The number of piperidine rings is 2. The van der Waals surface area contributed by atoms with Gasteiger partial charge in [-0.15, -0.1) is 0 Å². The van der Waals surface area contributed by atoms with Gasteiger partial charge in [0.1, 0.15) is 5.82 Å². The van der Waals surface area contributed by atoms with Crippen LogP contribution in [0, 0.1) is 11.8 Å². The summed E-state index contributed by atoms with van der Waals surface area (Å²) in [5.74, 6) is 2.16. The molecule has 0 aliphatic carbocycles. The summed E-state index contributed by atoms with van der Waals surface area (Å²) in [6, 6.07) is 0. The lowest BCUT2D eigenvalue weighted by atomic mass is 9.93. The van der Waals surface area contributed by atoms with Crippen molar-refractivity contribution in [2.24, 2.45) is 18.9 Å². The molecule has 2 N–H and O–H groups in total. The lowest BCUT2D eigenvalue weighted by molar-refractivity contribution is -0.137. The highest BCUT2D eigenvalue weighted by Gasteiger charge is 2.31. The number of aromatic nitrogens is 4. The first-order valence-electron chi connectivity index (χ1n) is 9.52. The Kier molecular flexibility index (Phi) is 4.42.